The van der Waals surface area contributed by atoms with Gasteiger partial charge < -0.3 is 5.21 Å². The van der Waals surface area contributed by atoms with Gasteiger partial charge >= 0.3 is 0 Å². The summed E-state index contributed by atoms with van der Waals surface area (Å²) in [6.07, 6.45) is 1.76. The summed E-state index contributed by atoms with van der Waals surface area (Å²) in [7, 11) is 1.62. The molecule has 4 nitrogen and oxygen atoms in total. The standard InChI is InChI=1S/C7H16N2O2/c1-7(6-9(2)11)4-3-5-8-10/h7,11H,3-6H2,1-2H3. The van der Waals surface area contributed by atoms with Gasteiger partial charge in [0.25, 0.3) is 0 Å². The molecule has 0 radical (unpaired) electrons. The summed E-state index contributed by atoms with van der Waals surface area (Å²) in [5, 5.41) is 12.8. The number of hydrogen-bond donors (Lipinski definition) is 1. The van der Waals surface area contributed by atoms with Crippen molar-refractivity contribution < 1.29 is 5.21 Å². The molecular weight excluding hydrogens is 144 g/mol. The molecule has 0 aromatic rings. The van der Waals surface area contributed by atoms with Crippen molar-refractivity contribution in [2.75, 3.05) is 20.1 Å². The molecule has 0 amide bonds. The molecule has 11 heavy (non-hydrogen) atoms. The number of hydroxylamine groups is 2. The molecule has 1 unspecified atom stereocenters. The molecule has 1 atom stereocenters. The van der Waals surface area contributed by atoms with Crippen LogP contribution in [0.25, 0.3) is 0 Å². The Morgan fingerprint density at radius 1 is 1.64 bits per heavy atom. The monoisotopic (exact) mass is 160 g/mol. The molecule has 0 aromatic heterocycles. The van der Waals surface area contributed by atoms with Gasteiger partial charge in [-0.2, -0.15) is 9.97 Å². The molecular formula is C7H16N2O2. The van der Waals surface area contributed by atoms with Crippen molar-refractivity contribution in [2.24, 2.45) is 11.1 Å². The number of rotatable bonds is 6. The lowest BCUT2D eigenvalue weighted by Crippen LogP contribution is -2.20. The van der Waals surface area contributed by atoms with E-state index in [-0.39, 0.29) is 0 Å². The van der Waals surface area contributed by atoms with E-state index in [0.717, 1.165) is 12.8 Å². The summed E-state index contributed by atoms with van der Waals surface area (Å²) in [4.78, 5) is 9.70. The molecule has 0 saturated heterocycles. The first kappa shape index (κ1) is 10.5. The van der Waals surface area contributed by atoms with Crippen LogP contribution in [0.5, 0.6) is 0 Å². The maximum Gasteiger partial charge on any atom is 0.0811 e. The van der Waals surface area contributed by atoms with Crippen LogP contribution in [-0.2, 0) is 0 Å². The summed E-state index contributed by atoms with van der Waals surface area (Å²) in [5.74, 6) is 0.423. The largest absolute Gasteiger partial charge is 0.314 e. The third-order valence-electron chi connectivity index (χ3n) is 1.52. The van der Waals surface area contributed by atoms with E-state index in [4.69, 9.17) is 5.21 Å². The highest BCUT2D eigenvalue weighted by Gasteiger charge is 2.03. The van der Waals surface area contributed by atoms with E-state index in [2.05, 4.69) is 5.18 Å². The molecule has 0 bridgehead atoms. The molecule has 0 aromatic carbocycles. The van der Waals surface area contributed by atoms with Gasteiger partial charge in [-0.05, 0) is 18.8 Å². The fourth-order valence-electron chi connectivity index (χ4n) is 1.05. The van der Waals surface area contributed by atoms with Gasteiger partial charge in [-0.1, -0.05) is 12.1 Å². The predicted octanol–water partition coefficient (Wildman–Crippen LogP) is 1.49. The Kier molecular flexibility index (Phi) is 5.97. The molecule has 0 aliphatic heterocycles. The molecule has 0 aliphatic carbocycles. The van der Waals surface area contributed by atoms with Crippen LogP contribution in [0, 0.1) is 10.8 Å². The zero-order valence-electron chi connectivity index (χ0n) is 7.16. The zero-order valence-corrected chi connectivity index (χ0v) is 7.16. The minimum Gasteiger partial charge on any atom is -0.314 e. The highest BCUT2D eigenvalue weighted by atomic mass is 16.5. The van der Waals surface area contributed by atoms with Gasteiger partial charge in [-0.15, -0.1) is 0 Å². The number of nitrogens with zero attached hydrogens (tertiary/aromatic N) is 2. The van der Waals surface area contributed by atoms with Gasteiger partial charge in [0, 0.05) is 13.6 Å². The van der Waals surface area contributed by atoms with Crippen molar-refractivity contribution >= 4 is 0 Å². The number of nitroso groups, excluding NO2 is 1. The lowest BCUT2D eigenvalue weighted by molar-refractivity contribution is -0.0751. The lowest BCUT2D eigenvalue weighted by atomic mass is 10.1. The highest BCUT2D eigenvalue weighted by molar-refractivity contribution is 4.55. The molecule has 1 N–H and O–H groups in total. The Morgan fingerprint density at radius 3 is 2.73 bits per heavy atom. The van der Waals surface area contributed by atoms with Gasteiger partial charge in [0.1, 0.15) is 0 Å². The predicted molar refractivity (Wildman–Crippen MR) is 43.5 cm³/mol. The number of hydrogen-bond acceptors (Lipinski definition) is 4. The molecule has 0 rings (SSSR count). The van der Waals surface area contributed by atoms with E-state index in [9.17, 15) is 4.91 Å². The minimum atomic E-state index is 0.388. The molecule has 0 aliphatic rings. The van der Waals surface area contributed by atoms with Crippen LogP contribution in [0.4, 0.5) is 0 Å². The quantitative estimate of drug-likeness (QED) is 0.364. The smallest absolute Gasteiger partial charge is 0.0811 e. The van der Waals surface area contributed by atoms with E-state index < -0.39 is 0 Å². The Labute approximate surface area is 67.1 Å². The second-order valence-electron chi connectivity index (χ2n) is 2.94. The molecule has 0 heterocycles. The van der Waals surface area contributed by atoms with E-state index in [1.54, 1.807) is 7.05 Å². The van der Waals surface area contributed by atoms with E-state index in [1.165, 1.54) is 5.06 Å². The van der Waals surface area contributed by atoms with Gasteiger partial charge in [0.05, 0.1) is 6.54 Å². The van der Waals surface area contributed by atoms with Crippen LogP contribution in [-0.4, -0.2) is 30.4 Å². The van der Waals surface area contributed by atoms with Crippen LogP contribution < -0.4 is 0 Å². The van der Waals surface area contributed by atoms with E-state index >= 15 is 0 Å². The molecule has 4 heteroatoms. The fraction of sp³-hybridized carbons (Fsp3) is 1.00. The first-order valence-corrected chi connectivity index (χ1v) is 3.86. The summed E-state index contributed by atoms with van der Waals surface area (Å²) in [5.41, 5.74) is 0. The molecule has 0 saturated carbocycles. The average molecular weight is 160 g/mol. The fourth-order valence-corrected chi connectivity index (χ4v) is 1.05. The third kappa shape index (κ3) is 7.42. The van der Waals surface area contributed by atoms with Crippen molar-refractivity contribution in [3.8, 4) is 0 Å². The second-order valence-corrected chi connectivity index (χ2v) is 2.94. The average Bonchev–Trinajstić information content (AvgIpc) is 1.86. The Balaban J connectivity index is 3.21. The molecule has 66 valence electrons. The minimum absolute atomic E-state index is 0.388. The van der Waals surface area contributed by atoms with Gasteiger partial charge in [0.15, 0.2) is 0 Å². The van der Waals surface area contributed by atoms with Crippen molar-refractivity contribution in [3.63, 3.8) is 0 Å². The summed E-state index contributed by atoms with van der Waals surface area (Å²) in [6.45, 7) is 3.08. The topological polar surface area (TPSA) is 52.9 Å². The zero-order chi connectivity index (χ0) is 8.69. The van der Waals surface area contributed by atoms with E-state index in [0.29, 0.717) is 19.0 Å². The normalized spacial score (nSPS) is 13.5. The summed E-state index contributed by atoms with van der Waals surface area (Å²) < 4.78 is 0. The van der Waals surface area contributed by atoms with Crippen LogP contribution in [0.1, 0.15) is 19.8 Å². The Morgan fingerprint density at radius 2 is 2.27 bits per heavy atom. The second kappa shape index (κ2) is 6.24. The van der Waals surface area contributed by atoms with Gasteiger partial charge in [-0.3, -0.25) is 0 Å². The van der Waals surface area contributed by atoms with Crippen molar-refractivity contribution in [1.82, 2.24) is 5.06 Å². The Hall–Kier alpha value is -0.480. The van der Waals surface area contributed by atoms with Crippen LogP contribution >= 0.6 is 0 Å². The van der Waals surface area contributed by atoms with Crippen molar-refractivity contribution in [2.45, 2.75) is 19.8 Å². The molecule has 0 fully saturated rings. The van der Waals surface area contributed by atoms with Crippen molar-refractivity contribution in [3.05, 3.63) is 4.91 Å². The lowest BCUT2D eigenvalue weighted by Gasteiger charge is -2.13. The summed E-state index contributed by atoms with van der Waals surface area (Å²) in [6, 6.07) is 0. The van der Waals surface area contributed by atoms with Gasteiger partial charge in [0.2, 0.25) is 0 Å². The SMILES string of the molecule is CC(CCCN=O)CN(C)O. The van der Waals surface area contributed by atoms with E-state index in [1.807, 2.05) is 6.92 Å². The molecule has 0 spiro atoms. The maximum absolute atomic E-state index is 9.70. The van der Waals surface area contributed by atoms with Crippen molar-refractivity contribution in [1.29, 1.82) is 0 Å². The summed E-state index contributed by atoms with van der Waals surface area (Å²) >= 11 is 0. The first-order valence-electron chi connectivity index (χ1n) is 3.86. The van der Waals surface area contributed by atoms with Gasteiger partial charge in [-0.25, -0.2) is 0 Å². The highest BCUT2D eigenvalue weighted by Crippen LogP contribution is 2.05. The van der Waals surface area contributed by atoms with Crippen LogP contribution in [0.15, 0.2) is 5.18 Å². The third-order valence-corrected chi connectivity index (χ3v) is 1.52. The van der Waals surface area contributed by atoms with Crippen LogP contribution in [0.3, 0.4) is 0 Å². The van der Waals surface area contributed by atoms with Crippen LogP contribution in [0.2, 0.25) is 0 Å². The first-order chi connectivity index (χ1) is 5.16. The maximum atomic E-state index is 9.70. The Bertz CT molecular complexity index is 107.